The highest BCUT2D eigenvalue weighted by Gasteiger charge is 2.41. The molecule has 0 aliphatic carbocycles. The molecule has 0 aromatic rings. The molecule has 8 heteroatoms. The van der Waals surface area contributed by atoms with Gasteiger partial charge in [0.05, 0.1) is 12.5 Å². The summed E-state index contributed by atoms with van der Waals surface area (Å²) in [5, 5.41) is 11.2. The lowest BCUT2D eigenvalue weighted by Crippen LogP contribution is -2.46. The number of halogens is 1. The molecule has 0 spiro atoms. The van der Waals surface area contributed by atoms with Gasteiger partial charge >= 0.3 is 11.9 Å². The number of hydrogen-bond acceptors (Lipinski definition) is 6. The van der Waals surface area contributed by atoms with Crippen molar-refractivity contribution in [1.82, 2.24) is 0 Å². The minimum Gasteiger partial charge on any atom is -0.457 e. The Morgan fingerprint density at radius 1 is 1.31 bits per heavy atom. The highest BCUT2D eigenvalue weighted by atomic mass is 127. The third-order valence-electron chi connectivity index (χ3n) is 6.49. The molecule has 0 fully saturated rings. The minimum absolute atomic E-state index is 0.0241. The van der Waals surface area contributed by atoms with Gasteiger partial charge in [-0.2, -0.15) is 0 Å². The van der Waals surface area contributed by atoms with Crippen LogP contribution >= 0.6 is 22.6 Å². The Bertz CT molecular complexity index is 722. The van der Waals surface area contributed by atoms with E-state index in [0.717, 1.165) is 5.57 Å². The summed E-state index contributed by atoms with van der Waals surface area (Å²) < 4.78 is 19.8. The number of carbonyl (C=O) groups excluding carboxylic acids is 2. The first-order valence-corrected chi connectivity index (χ1v) is 15.4. The molecule has 0 saturated carbocycles. The highest BCUT2D eigenvalue weighted by Crippen LogP contribution is 2.39. The van der Waals surface area contributed by atoms with Gasteiger partial charge in [0.1, 0.15) is 17.8 Å². The SMILES string of the molecule is CC(=O)O[C@H]1/C=C/[C@H](C)C(/C(C)=C/I)OC(=O)C[C@H](O[Si](C)(C)C(C)(C)C)CC[C@@]1(C)O. The van der Waals surface area contributed by atoms with Gasteiger partial charge in [-0.1, -0.05) is 56.4 Å². The topological polar surface area (TPSA) is 82.1 Å². The van der Waals surface area contributed by atoms with Crippen molar-refractivity contribution in [2.45, 2.75) is 110 Å². The largest absolute Gasteiger partial charge is 0.457 e. The van der Waals surface area contributed by atoms with Gasteiger partial charge in [-0.3, -0.25) is 9.59 Å². The molecule has 32 heavy (non-hydrogen) atoms. The summed E-state index contributed by atoms with van der Waals surface area (Å²) >= 11 is 2.14. The Morgan fingerprint density at radius 3 is 2.41 bits per heavy atom. The summed E-state index contributed by atoms with van der Waals surface area (Å²) in [4.78, 5) is 24.6. The fourth-order valence-corrected chi connectivity index (χ4v) is 5.12. The van der Waals surface area contributed by atoms with Crippen molar-refractivity contribution < 1.29 is 28.6 Å². The number of hydrogen-bond donors (Lipinski definition) is 1. The molecular formula is C24H41IO6Si. The lowest BCUT2D eigenvalue weighted by Gasteiger charge is -2.40. The van der Waals surface area contributed by atoms with E-state index in [0.29, 0.717) is 12.8 Å². The van der Waals surface area contributed by atoms with Crippen LogP contribution in [0.4, 0.5) is 0 Å². The Kier molecular flexibility index (Phi) is 10.6. The number of ether oxygens (including phenoxy) is 2. The van der Waals surface area contributed by atoms with Crippen molar-refractivity contribution in [3.05, 3.63) is 21.8 Å². The van der Waals surface area contributed by atoms with Crippen LogP contribution in [0.3, 0.4) is 0 Å². The zero-order valence-electron chi connectivity index (χ0n) is 21.0. The monoisotopic (exact) mass is 580 g/mol. The number of carbonyl (C=O) groups is 2. The maximum absolute atomic E-state index is 12.9. The molecule has 1 N–H and O–H groups in total. The Hall–Kier alpha value is -0.713. The average Bonchev–Trinajstić information content (AvgIpc) is 2.64. The standard InChI is InChI=1S/C24H41IO6Si/c1-16-10-11-20(29-18(3)26)24(7,28)13-12-19(31-32(8,9)23(4,5)6)14-21(27)30-22(16)17(2)15-25/h10-11,15-16,19-20,22,28H,12-14H2,1-9H3/b11-10+,17-15+/t16-,19+,20-,22?,24+/m0/s1. The van der Waals surface area contributed by atoms with Crippen LogP contribution in [-0.2, 0) is 23.5 Å². The van der Waals surface area contributed by atoms with Crippen molar-refractivity contribution >= 4 is 42.8 Å². The lowest BCUT2D eigenvalue weighted by atomic mass is 9.89. The average molecular weight is 581 g/mol. The van der Waals surface area contributed by atoms with E-state index in [1.54, 1.807) is 13.0 Å². The predicted molar refractivity (Wildman–Crippen MR) is 138 cm³/mol. The van der Waals surface area contributed by atoms with Gasteiger partial charge in [0.15, 0.2) is 8.32 Å². The van der Waals surface area contributed by atoms with E-state index in [9.17, 15) is 14.7 Å². The molecule has 1 rings (SSSR count). The molecule has 184 valence electrons. The first-order valence-electron chi connectivity index (χ1n) is 11.2. The number of rotatable bonds is 4. The smallest absolute Gasteiger partial charge is 0.308 e. The van der Waals surface area contributed by atoms with Crippen LogP contribution in [-0.4, -0.2) is 49.3 Å². The Labute approximate surface area is 208 Å². The van der Waals surface area contributed by atoms with Crippen molar-refractivity contribution in [1.29, 1.82) is 0 Å². The summed E-state index contributed by atoms with van der Waals surface area (Å²) in [7, 11) is -2.16. The fourth-order valence-electron chi connectivity index (χ4n) is 3.37. The second-order valence-corrected chi connectivity index (χ2v) is 16.0. The molecule has 1 aliphatic rings. The molecule has 0 aromatic carbocycles. The quantitative estimate of drug-likeness (QED) is 0.199. The van der Waals surface area contributed by atoms with Crippen LogP contribution in [0.1, 0.15) is 67.7 Å². The third kappa shape index (κ3) is 8.57. The molecule has 1 unspecified atom stereocenters. The molecule has 0 bridgehead atoms. The Morgan fingerprint density at radius 2 is 1.91 bits per heavy atom. The van der Waals surface area contributed by atoms with Crippen molar-refractivity contribution in [3.8, 4) is 0 Å². The maximum atomic E-state index is 12.9. The Balaban J connectivity index is 3.37. The molecule has 0 saturated heterocycles. The van der Waals surface area contributed by atoms with Gasteiger partial charge < -0.3 is 19.0 Å². The summed E-state index contributed by atoms with van der Waals surface area (Å²) in [6, 6.07) is 0. The van der Waals surface area contributed by atoms with Crippen LogP contribution in [0.15, 0.2) is 21.8 Å². The van der Waals surface area contributed by atoms with Gasteiger partial charge in [-0.25, -0.2) is 0 Å². The van der Waals surface area contributed by atoms with Crippen molar-refractivity contribution in [2.24, 2.45) is 5.92 Å². The normalized spacial score (nSPS) is 32.3. The number of cyclic esters (lactones) is 1. The van der Waals surface area contributed by atoms with Crippen LogP contribution in [0.25, 0.3) is 0 Å². The molecule has 0 amide bonds. The minimum atomic E-state index is -2.16. The van der Waals surface area contributed by atoms with Crippen LogP contribution < -0.4 is 0 Å². The zero-order chi connectivity index (χ0) is 24.9. The maximum Gasteiger partial charge on any atom is 0.308 e. The molecular weight excluding hydrogens is 539 g/mol. The van der Waals surface area contributed by atoms with E-state index in [-0.39, 0.29) is 23.3 Å². The fraction of sp³-hybridized carbons (Fsp3) is 0.750. The van der Waals surface area contributed by atoms with E-state index in [1.807, 2.05) is 24.0 Å². The van der Waals surface area contributed by atoms with Gasteiger partial charge in [0.25, 0.3) is 0 Å². The van der Waals surface area contributed by atoms with Gasteiger partial charge in [0, 0.05) is 12.8 Å². The molecule has 1 aliphatic heterocycles. The second kappa shape index (κ2) is 11.6. The van der Waals surface area contributed by atoms with Gasteiger partial charge in [0.2, 0.25) is 0 Å². The summed E-state index contributed by atoms with van der Waals surface area (Å²) in [5.74, 6) is -0.939. The van der Waals surface area contributed by atoms with Crippen LogP contribution in [0.2, 0.25) is 18.1 Å². The molecule has 0 aromatic heterocycles. The number of esters is 2. The molecule has 6 nitrogen and oxygen atoms in total. The summed E-state index contributed by atoms with van der Waals surface area (Å²) in [5.41, 5.74) is -0.380. The molecule has 1 heterocycles. The van der Waals surface area contributed by atoms with Gasteiger partial charge in [-0.05, 0) is 60.6 Å². The highest BCUT2D eigenvalue weighted by molar-refractivity contribution is 14.1. The number of aliphatic hydroxyl groups is 1. The van der Waals surface area contributed by atoms with E-state index in [1.165, 1.54) is 6.92 Å². The van der Waals surface area contributed by atoms with Crippen molar-refractivity contribution in [2.75, 3.05) is 0 Å². The molecule has 0 radical (unpaired) electrons. The van der Waals surface area contributed by atoms with E-state index in [2.05, 4.69) is 56.5 Å². The molecule has 5 atom stereocenters. The third-order valence-corrected chi connectivity index (χ3v) is 12.0. The van der Waals surface area contributed by atoms with Crippen LogP contribution in [0, 0.1) is 5.92 Å². The summed E-state index contributed by atoms with van der Waals surface area (Å²) in [6.45, 7) is 17.6. The van der Waals surface area contributed by atoms with E-state index in [4.69, 9.17) is 13.9 Å². The van der Waals surface area contributed by atoms with Crippen LogP contribution in [0.5, 0.6) is 0 Å². The van der Waals surface area contributed by atoms with Gasteiger partial charge in [-0.15, -0.1) is 0 Å². The predicted octanol–water partition coefficient (Wildman–Crippen LogP) is 5.69. The first kappa shape index (κ1) is 29.3. The first-order chi connectivity index (χ1) is 14.5. The zero-order valence-corrected chi connectivity index (χ0v) is 24.2. The lowest BCUT2D eigenvalue weighted by molar-refractivity contribution is -0.157. The van der Waals surface area contributed by atoms with Crippen molar-refractivity contribution in [3.63, 3.8) is 0 Å². The van der Waals surface area contributed by atoms with E-state index < -0.39 is 38.2 Å². The summed E-state index contributed by atoms with van der Waals surface area (Å²) in [6.07, 6.45) is 2.77. The second-order valence-electron chi connectivity index (χ2n) is 10.6. The van der Waals surface area contributed by atoms with E-state index >= 15 is 0 Å².